The maximum absolute atomic E-state index is 11.3. The molecule has 0 spiro atoms. The lowest BCUT2D eigenvalue weighted by atomic mass is 10.1. The van der Waals surface area contributed by atoms with E-state index in [1.807, 2.05) is 13.0 Å². The van der Waals surface area contributed by atoms with Gasteiger partial charge in [-0.25, -0.2) is 13.6 Å². The van der Waals surface area contributed by atoms with Crippen LogP contribution in [0.15, 0.2) is 29.2 Å². The van der Waals surface area contributed by atoms with Crippen LogP contribution < -0.4 is 10.5 Å². The molecule has 5 heteroatoms. The number of benzene rings is 1. The van der Waals surface area contributed by atoms with Gasteiger partial charge in [0.25, 0.3) is 0 Å². The van der Waals surface area contributed by atoms with Crippen LogP contribution in [0.25, 0.3) is 0 Å². The maximum Gasteiger partial charge on any atom is 0.238 e. The summed E-state index contributed by atoms with van der Waals surface area (Å²) in [4.78, 5) is 0.174. The van der Waals surface area contributed by atoms with Gasteiger partial charge in [-0.1, -0.05) is 19.1 Å². The molecule has 0 amide bonds. The third-order valence-electron chi connectivity index (χ3n) is 3.26. The van der Waals surface area contributed by atoms with Crippen molar-refractivity contribution in [2.75, 3.05) is 0 Å². The van der Waals surface area contributed by atoms with Crippen LogP contribution in [0.5, 0.6) is 0 Å². The predicted molar refractivity (Wildman–Crippen MR) is 66.9 cm³/mol. The van der Waals surface area contributed by atoms with E-state index in [0.29, 0.717) is 6.04 Å². The van der Waals surface area contributed by atoms with Gasteiger partial charge in [0.05, 0.1) is 4.90 Å². The predicted octanol–water partition coefficient (Wildman–Crippen LogP) is 1.39. The summed E-state index contributed by atoms with van der Waals surface area (Å²) >= 11 is 0. The summed E-state index contributed by atoms with van der Waals surface area (Å²) in [6.45, 7) is 4.23. The number of sulfonamides is 1. The Hall–Kier alpha value is -0.910. The molecule has 0 radical (unpaired) electrons. The quantitative estimate of drug-likeness (QED) is 0.853. The van der Waals surface area contributed by atoms with E-state index < -0.39 is 10.0 Å². The van der Waals surface area contributed by atoms with Crippen molar-refractivity contribution in [3.8, 4) is 0 Å². The summed E-state index contributed by atoms with van der Waals surface area (Å²) in [7, 11) is -3.61. The Morgan fingerprint density at radius 3 is 2.65 bits per heavy atom. The summed E-state index contributed by atoms with van der Waals surface area (Å²) in [5.74, 6) is 0.721. The zero-order valence-corrected chi connectivity index (χ0v) is 10.9. The van der Waals surface area contributed by atoms with Crippen molar-refractivity contribution in [2.24, 2.45) is 11.1 Å². The van der Waals surface area contributed by atoms with Crippen molar-refractivity contribution in [3.05, 3.63) is 29.8 Å². The molecule has 94 valence electrons. The highest BCUT2D eigenvalue weighted by atomic mass is 32.2. The van der Waals surface area contributed by atoms with E-state index in [4.69, 9.17) is 5.14 Å². The first-order valence-corrected chi connectivity index (χ1v) is 7.31. The lowest BCUT2D eigenvalue weighted by Crippen LogP contribution is -2.22. The molecule has 3 N–H and O–H groups in total. The van der Waals surface area contributed by atoms with Gasteiger partial charge in [0.15, 0.2) is 0 Å². The largest absolute Gasteiger partial charge is 0.307 e. The van der Waals surface area contributed by atoms with Crippen molar-refractivity contribution in [1.82, 2.24) is 5.32 Å². The topological polar surface area (TPSA) is 72.2 Å². The second-order valence-electron chi connectivity index (χ2n) is 4.83. The first-order valence-electron chi connectivity index (χ1n) is 5.77. The lowest BCUT2D eigenvalue weighted by molar-refractivity contribution is 0.550. The number of hydrogen-bond acceptors (Lipinski definition) is 3. The Kier molecular flexibility index (Phi) is 3.25. The molecule has 4 nitrogen and oxygen atoms in total. The number of primary sulfonamides is 1. The summed E-state index contributed by atoms with van der Waals surface area (Å²) in [6, 6.07) is 7.50. The molecule has 1 aliphatic carbocycles. The van der Waals surface area contributed by atoms with Gasteiger partial charge in [0.2, 0.25) is 10.0 Å². The molecule has 3 atom stereocenters. The SMILES string of the molecule is CC(NC1CC1C)c1cccc(S(N)(=O)=O)c1. The van der Waals surface area contributed by atoms with Crippen molar-refractivity contribution in [2.45, 2.75) is 37.2 Å². The van der Waals surface area contributed by atoms with Crippen LogP contribution in [0, 0.1) is 5.92 Å². The van der Waals surface area contributed by atoms with Gasteiger partial charge in [-0.05, 0) is 37.0 Å². The zero-order chi connectivity index (χ0) is 12.6. The minimum atomic E-state index is -3.61. The Balaban J connectivity index is 2.15. The number of hydrogen-bond donors (Lipinski definition) is 2. The van der Waals surface area contributed by atoms with E-state index in [1.54, 1.807) is 12.1 Å². The third-order valence-corrected chi connectivity index (χ3v) is 4.17. The van der Waals surface area contributed by atoms with Crippen LogP contribution in [0.2, 0.25) is 0 Å². The molecular formula is C12H18N2O2S. The molecule has 2 rings (SSSR count). The van der Waals surface area contributed by atoms with E-state index >= 15 is 0 Å². The zero-order valence-electron chi connectivity index (χ0n) is 10.1. The second-order valence-corrected chi connectivity index (χ2v) is 6.39. The molecular weight excluding hydrogens is 236 g/mol. The van der Waals surface area contributed by atoms with Crippen LogP contribution in [0.3, 0.4) is 0 Å². The van der Waals surface area contributed by atoms with Crippen molar-refractivity contribution < 1.29 is 8.42 Å². The Morgan fingerprint density at radius 1 is 1.47 bits per heavy atom. The fourth-order valence-electron chi connectivity index (χ4n) is 1.93. The highest BCUT2D eigenvalue weighted by Gasteiger charge is 2.33. The summed E-state index contributed by atoms with van der Waals surface area (Å²) in [5, 5.41) is 8.58. The molecule has 0 bridgehead atoms. The number of rotatable bonds is 4. The Labute approximate surface area is 102 Å². The molecule has 1 fully saturated rings. The van der Waals surface area contributed by atoms with E-state index in [9.17, 15) is 8.42 Å². The molecule has 0 heterocycles. The first-order chi connectivity index (χ1) is 7.88. The number of nitrogens with one attached hydrogen (secondary N) is 1. The van der Waals surface area contributed by atoms with Crippen LogP contribution in [-0.4, -0.2) is 14.5 Å². The summed E-state index contributed by atoms with van der Waals surface area (Å²) < 4.78 is 22.5. The van der Waals surface area contributed by atoms with E-state index in [2.05, 4.69) is 12.2 Å². The van der Waals surface area contributed by atoms with E-state index in [1.165, 1.54) is 12.5 Å². The molecule has 1 aliphatic rings. The normalized spacial score (nSPS) is 25.6. The fourth-order valence-corrected chi connectivity index (χ4v) is 2.50. The number of nitrogens with two attached hydrogens (primary N) is 1. The Morgan fingerprint density at radius 2 is 2.12 bits per heavy atom. The van der Waals surface area contributed by atoms with Crippen LogP contribution >= 0.6 is 0 Å². The van der Waals surface area contributed by atoms with Gasteiger partial charge in [-0.3, -0.25) is 0 Å². The third kappa shape index (κ3) is 3.06. The minimum Gasteiger partial charge on any atom is -0.307 e. The van der Waals surface area contributed by atoms with E-state index in [0.717, 1.165) is 11.5 Å². The second kappa shape index (κ2) is 4.40. The molecule has 3 unspecified atom stereocenters. The van der Waals surface area contributed by atoms with Crippen molar-refractivity contribution in [1.29, 1.82) is 0 Å². The molecule has 0 saturated heterocycles. The molecule has 0 aromatic heterocycles. The molecule has 1 aromatic rings. The average molecular weight is 254 g/mol. The van der Waals surface area contributed by atoms with Gasteiger partial charge in [0.1, 0.15) is 0 Å². The monoisotopic (exact) mass is 254 g/mol. The molecule has 1 aromatic carbocycles. The average Bonchev–Trinajstić information content (AvgIpc) is 2.93. The highest BCUT2D eigenvalue weighted by Crippen LogP contribution is 2.31. The smallest absolute Gasteiger partial charge is 0.238 e. The van der Waals surface area contributed by atoms with Gasteiger partial charge >= 0.3 is 0 Å². The fraction of sp³-hybridized carbons (Fsp3) is 0.500. The van der Waals surface area contributed by atoms with Crippen LogP contribution in [-0.2, 0) is 10.0 Å². The van der Waals surface area contributed by atoms with Crippen molar-refractivity contribution >= 4 is 10.0 Å². The van der Waals surface area contributed by atoms with Gasteiger partial charge in [-0.15, -0.1) is 0 Å². The molecule has 1 saturated carbocycles. The highest BCUT2D eigenvalue weighted by molar-refractivity contribution is 7.89. The van der Waals surface area contributed by atoms with Crippen LogP contribution in [0.4, 0.5) is 0 Å². The van der Waals surface area contributed by atoms with Crippen molar-refractivity contribution in [3.63, 3.8) is 0 Å². The maximum atomic E-state index is 11.3. The molecule has 17 heavy (non-hydrogen) atoms. The minimum absolute atomic E-state index is 0.145. The van der Waals surface area contributed by atoms with Gasteiger partial charge < -0.3 is 5.32 Å². The molecule has 0 aliphatic heterocycles. The standard InChI is InChI=1S/C12H18N2O2S/c1-8-6-12(8)14-9(2)10-4-3-5-11(7-10)17(13,15)16/h3-5,7-9,12,14H,6H2,1-2H3,(H2,13,15,16). The van der Waals surface area contributed by atoms with Crippen LogP contribution in [0.1, 0.15) is 31.9 Å². The summed E-state index contributed by atoms with van der Waals surface area (Å²) in [5.41, 5.74) is 0.954. The van der Waals surface area contributed by atoms with Gasteiger partial charge in [-0.2, -0.15) is 0 Å². The first kappa shape index (κ1) is 12.5. The Bertz CT molecular complexity index is 513. The van der Waals surface area contributed by atoms with Gasteiger partial charge in [0, 0.05) is 12.1 Å². The van der Waals surface area contributed by atoms with E-state index in [-0.39, 0.29) is 10.9 Å². The summed E-state index contributed by atoms with van der Waals surface area (Å²) in [6.07, 6.45) is 1.19. The lowest BCUT2D eigenvalue weighted by Gasteiger charge is -2.14.